The summed E-state index contributed by atoms with van der Waals surface area (Å²) in [6.45, 7) is 4.10. The molecule has 5 heteroatoms. The summed E-state index contributed by atoms with van der Waals surface area (Å²) >= 11 is 0. The van der Waals surface area contributed by atoms with Crippen LogP contribution in [0.3, 0.4) is 0 Å². The lowest BCUT2D eigenvalue weighted by molar-refractivity contribution is -0.139. The number of carbonyl (C=O) groups is 2. The molecule has 2 aliphatic rings. The first-order valence-corrected chi connectivity index (χ1v) is 9.84. The van der Waals surface area contributed by atoms with Crippen molar-refractivity contribution in [1.29, 1.82) is 0 Å². The number of rotatable bonds is 4. The normalized spacial score (nSPS) is 22.3. The van der Waals surface area contributed by atoms with Crippen molar-refractivity contribution in [2.75, 3.05) is 26.3 Å². The fraction of sp³-hybridized carbons (Fsp3) is 0.391. The number of piperidine rings is 1. The Kier molecular flexibility index (Phi) is 5.44. The van der Waals surface area contributed by atoms with E-state index in [1.54, 1.807) is 0 Å². The Hall–Kier alpha value is -2.66. The van der Waals surface area contributed by atoms with Crippen molar-refractivity contribution in [1.82, 2.24) is 4.90 Å². The fourth-order valence-electron chi connectivity index (χ4n) is 4.02. The third-order valence-corrected chi connectivity index (χ3v) is 5.61. The fourth-order valence-corrected chi connectivity index (χ4v) is 4.02. The lowest BCUT2D eigenvalue weighted by atomic mass is 9.86. The molecule has 1 amide bonds. The second kappa shape index (κ2) is 8.15. The maximum absolute atomic E-state index is 12.7. The van der Waals surface area contributed by atoms with Gasteiger partial charge in [0.1, 0.15) is 17.3 Å². The molecular formula is C23H25NO4. The van der Waals surface area contributed by atoms with E-state index < -0.39 is 0 Å². The van der Waals surface area contributed by atoms with Gasteiger partial charge in [-0.3, -0.25) is 9.59 Å². The molecule has 4 rings (SSSR count). The summed E-state index contributed by atoms with van der Waals surface area (Å²) in [5, 5.41) is 0. The summed E-state index contributed by atoms with van der Waals surface area (Å²) in [4.78, 5) is 27.2. The topological polar surface area (TPSA) is 55.8 Å². The molecule has 2 aromatic rings. The Bertz CT molecular complexity index is 858. The number of ether oxygens (including phenoxy) is 2. The first kappa shape index (κ1) is 18.7. The van der Waals surface area contributed by atoms with Gasteiger partial charge in [-0.2, -0.15) is 0 Å². The van der Waals surface area contributed by atoms with E-state index in [2.05, 4.69) is 0 Å². The largest absolute Gasteiger partial charge is 0.457 e. The molecule has 5 nitrogen and oxygen atoms in total. The predicted octanol–water partition coefficient (Wildman–Crippen LogP) is 3.71. The van der Waals surface area contributed by atoms with Gasteiger partial charge >= 0.3 is 0 Å². The number of amides is 1. The van der Waals surface area contributed by atoms with Crippen molar-refractivity contribution < 1.29 is 19.1 Å². The van der Waals surface area contributed by atoms with Gasteiger partial charge in [-0.05, 0) is 48.7 Å². The molecule has 0 radical (unpaired) electrons. The Morgan fingerprint density at radius 2 is 1.96 bits per heavy atom. The zero-order chi connectivity index (χ0) is 19.5. The zero-order valence-corrected chi connectivity index (χ0v) is 16.1. The molecule has 2 aliphatic heterocycles. The molecule has 2 atom stereocenters. The van der Waals surface area contributed by atoms with E-state index in [9.17, 15) is 9.59 Å². The van der Waals surface area contributed by atoms with Crippen LogP contribution in [0.5, 0.6) is 11.5 Å². The minimum absolute atomic E-state index is 0.0587. The number of para-hydroxylation sites is 1. The van der Waals surface area contributed by atoms with Gasteiger partial charge in [0.25, 0.3) is 0 Å². The van der Waals surface area contributed by atoms with E-state index in [-0.39, 0.29) is 23.5 Å². The highest BCUT2D eigenvalue weighted by Crippen LogP contribution is 2.31. The maximum atomic E-state index is 12.7. The zero-order valence-electron chi connectivity index (χ0n) is 16.1. The lowest BCUT2D eigenvalue weighted by Crippen LogP contribution is -2.45. The van der Waals surface area contributed by atoms with E-state index in [0.717, 1.165) is 29.0 Å². The monoisotopic (exact) mass is 379 g/mol. The van der Waals surface area contributed by atoms with Crippen LogP contribution in [-0.2, 0) is 14.3 Å². The first-order valence-electron chi connectivity index (χ1n) is 9.84. The maximum Gasteiger partial charge on any atom is 0.228 e. The standard InChI is InChI=1S/C23H25NO4/c1-16-13-19(28-18-5-3-2-4-6-18)7-8-20(16)21-14-24(11-9-22(21)25)23(26)17-10-12-27-15-17/h2-8,13,17,21H,9-12,14-15H2,1H3/t17-,21?/m1/s1. The SMILES string of the molecule is Cc1cc(Oc2ccccc2)ccc1C1CN(C(=O)[C@@H]2CCOC2)CCC1=O. The van der Waals surface area contributed by atoms with E-state index >= 15 is 0 Å². The minimum atomic E-state index is -0.272. The van der Waals surface area contributed by atoms with Crippen LogP contribution in [0, 0.1) is 12.8 Å². The summed E-state index contributed by atoms with van der Waals surface area (Å²) in [5.41, 5.74) is 1.98. The van der Waals surface area contributed by atoms with E-state index in [0.29, 0.717) is 32.7 Å². The Morgan fingerprint density at radius 1 is 1.14 bits per heavy atom. The number of carbonyl (C=O) groups excluding carboxylic acids is 2. The molecule has 2 aromatic carbocycles. The Balaban J connectivity index is 1.50. The van der Waals surface area contributed by atoms with Crippen molar-refractivity contribution in [2.24, 2.45) is 5.92 Å². The molecule has 0 saturated carbocycles. The third-order valence-electron chi connectivity index (χ3n) is 5.61. The van der Waals surface area contributed by atoms with E-state index in [4.69, 9.17) is 9.47 Å². The van der Waals surface area contributed by atoms with Gasteiger partial charge in [0.15, 0.2) is 0 Å². The molecule has 28 heavy (non-hydrogen) atoms. The van der Waals surface area contributed by atoms with Crippen molar-refractivity contribution in [3.05, 3.63) is 59.7 Å². The average molecular weight is 379 g/mol. The number of benzene rings is 2. The van der Waals surface area contributed by atoms with Crippen LogP contribution >= 0.6 is 0 Å². The summed E-state index contributed by atoms with van der Waals surface area (Å²) in [6, 6.07) is 15.4. The van der Waals surface area contributed by atoms with Crippen LogP contribution in [0.15, 0.2) is 48.5 Å². The van der Waals surface area contributed by atoms with Crippen molar-refractivity contribution in [2.45, 2.75) is 25.7 Å². The molecule has 1 unspecified atom stereocenters. The molecule has 0 spiro atoms. The summed E-state index contributed by atoms with van der Waals surface area (Å²) < 4.78 is 11.2. The van der Waals surface area contributed by atoms with E-state index in [1.165, 1.54) is 0 Å². The van der Waals surface area contributed by atoms with Crippen LogP contribution in [0.2, 0.25) is 0 Å². The molecule has 2 saturated heterocycles. The molecule has 0 aliphatic carbocycles. The number of Topliss-reactive ketones (excluding diaryl/α,β-unsaturated/α-hetero) is 1. The van der Waals surface area contributed by atoms with Crippen molar-refractivity contribution >= 4 is 11.7 Å². The average Bonchev–Trinajstić information content (AvgIpc) is 3.24. The van der Waals surface area contributed by atoms with Gasteiger partial charge in [-0.25, -0.2) is 0 Å². The van der Waals surface area contributed by atoms with Crippen LogP contribution in [0.1, 0.15) is 29.9 Å². The predicted molar refractivity (Wildman–Crippen MR) is 106 cm³/mol. The van der Waals surface area contributed by atoms with Crippen LogP contribution in [0.25, 0.3) is 0 Å². The van der Waals surface area contributed by atoms with Gasteiger partial charge in [0, 0.05) is 26.1 Å². The second-order valence-electron chi connectivity index (χ2n) is 7.55. The van der Waals surface area contributed by atoms with Crippen molar-refractivity contribution in [3.63, 3.8) is 0 Å². The minimum Gasteiger partial charge on any atom is -0.457 e. The van der Waals surface area contributed by atoms with Gasteiger partial charge in [-0.15, -0.1) is 0 Å². The summed E-state index contributed by atoms with van der Waals surface area (Å²) in [7, 11) is 0. The van der Waals surface area contributed by atoms with E-state index in [1.807, 2.05) is 60.4 Å². The molecule has 2 heterocycles. The number of nitrogens with zero attached hydrogens (tertiary/aromatic N) is 1. The highest BCUT2D eigenvalue weighted by molar-refractivity contribution is 5.90. The van der Waals surface area contributed by atoms with Crippen LogP contribution < -0.4 is 4.74 Å². The van der Waals surface area contributed by atoms with Gasteiger partial charge < -0.3 is 14.4 Å². The Labute approximate surface area is 165 Å². The molecule has 0 bridgehead atoms. The summed E-state index contributed by atoms with van der Waals surface area (Å²) in [5.74, 6) is 1.51. The number of likely N-dealkylation sites (tertiary alicyclic amines) is 1. The van der Waals surface area contributed by atoms with Crippen LogP contribution in [-0.4, -0.2) is 42.9 Å². The second-order valence-corrected chi connectivity index (χ2v) is 7.55. The molecular weight excluding hydrogens is 354 g/mol. The third kappa shape index (κ3) is 3.94. The molecule has 0 aromatic heterocycles. The number of hydrogen-bond acceptors (Lipinski definition) is 4. The van der Waals surface area contributed by atoms with Crippen LogP contribution in [0.4, 0.5) is 0 Å². The first-order chi connectivity index (χ1) is 13.6. The number of hydrogen-bond donors (Lipinski definition) is 0. The molecule has 146 valence electrons. The van der Waals surface area contributed by atoms with Gasteiger partial charge in [0.2, 0.25) is 5.91 Å². The van der Waals surface area contributed by atoms with Gasteiger partial charge in [-0.1, -0.05) is 24.3 Å². The highest BCUT2D eigenvalue weighted by atomic mass is 16.5. The van der Waals surface area contributed by atoms with Crippen molar-refractivity contribution in [3.8, 4) is 11.5 Å². The quantitative estimate of drug-likeness (QED) is 0.813. The Morgan fingerprint density at radius 3 is 2.68 bits per heavy atom. The smallest absolute Gasteiger partial charge is 0.228 e. The highest BCUT2D eigenvalue weighted by Gasteiger charge is 2.35. The molecule has 0 N–H and O–H groups in total. The number of ketones is 1. The number of aryl methyl sites for hydroxylation is 1. The summed E-state index contributed by atoms with van der Waals surface area (Å²) in [6.07, 6.45) is 1.18. The molecule has 2 fully saturated rings. The lowest BCUT2D eigenvalue weighted by Gasteiger charge is -2.34. The van der Waals surface area contributed by atoms with Gasteiger partial charge in [0.05, 0.1) is 18.4 Å².